The highest BCUT2D eigenvalue weighted by molar-refractivity contribution is 7.98. The van der Waals surface area contributed by atoms with Gasteiger partial charge in [0.2, 0.25) is 5.89 Å². The number of aromatic nitrogens is 3. The Morgan fingerprint density at radius 1 is 0.973 bits per heavy atom. The number of rotatable bonds is 8. The smallest absolute Gasteiger partial charge is 0.266 e. The van der Waals surface area contributed by atoms with Gasteiger partial charge in [0.1, 0.15) is 11.5 Å². The van der Waals surface area contributed by atoms with E-state index in [1.165, 1.54) is 11.8 Å². The number of anilines is 1. The number of aryl methyl sites for hydroxylation is 1. The average Bonchev–Trinajstić information content (AvgIpc) is 3.28. The third kappa shape index (κ3) is 5.11. The number of hydrogen-bond donors (Lipinski definition) is 0. The normalized spacial score (nSPS) is 11.1. The van der Waals surface area contributed by atoms with E-state index in [-0.39, 0.29) is 5.56 Å². The van der Waals surface area contributed by atoms with Crippen LogP contribution in [-0.4, -0.2) is 35.2 Å². The van der Waals surface area contributed by atoms with Crippen LogP contribution in [0.3, 0.4) is 0 Å². The molecule has 37 heavy (non-hydrogen) atoms. The van der Waals surface area contributed by atoms with Gasteiger partial charge < -0.3 is 14.1 Å². The zero-order valence-electron chi connectivity index (χ0n) is 21.3. The van der Waals surface area contributed by atoms with Crippen LogP contribution in [0.25, 0.3) is 28.0 Å². The van der Waals surface area contributed by atoms with Gasteiger partial charge in [-0.2, -0.15) is 0 Å². The third-order valence-electron chi connectivity index (χ3n) is 6.01. The van der Waals surface area contributed by atoms with Crippen molar-refractivity contribution in [1.82, 2.24) is 14.5 Å². The minimum Gasteiger partial charge on any atom is -0.494 e. The standard InChI is InChI=1S/C29H28N4O3S/c1-5-35-23-16-10-20(11-17-23)27-30-26(19(2)36-27)18-37-29-31-25-9-7-6-8-24(25)28(34)33(29)22-14-12-21(13-15-22)32(3)4/h6-17H,5,18H2,1-4H3. The highest BCUT2D eigenvalue weighted by Gasteiger charge is 2.17. The van der Waals surface area contributed by atoms with Gasteiger partial charge in [-0.3, -0.25) is 9.36 Å². The second kappa shape index (κ2) is 10.5. The SMILES string of the molecule is CCOc1ccc(-c2nc(CSc3nc4ccccc4c(=O)n3-c3ccc(N(C)C)cc3)c(C)o2)cc1. The van der Waals surface area contributed by atoms with Gasteiger partial charge in [-0.15, -0.1) is 0 Å². The van der Waals surface area contributed by atoms with Gasteiger partial charge >= 0.3 is 0 Å². The van der Waals surface area contributed by atoms with Crippen LogP contribution in [-0.2, 0) is 5.75 Å². The van der Waals surface area contributed by atoms with Crippen molar-refractivity contribution in [2.24, 2.45) is 0 Å². The first kappa shape index (κ1) is 24.6. The van der Waals surface area contributed by atoms with Crippen molar-refractivity contribution in [3.63, 3.8) is 0 Å². The summed E-state index contributed by atoms with van der Waals surface area (Å²) in [5.74, 6) is 2.61. The van der Waals surface area contributed by atoms with E-state index in [4.69, 9.17) is 19.1 Å². The molecule has 0 atom stereocenters. The minimum atomic E-state index is -0.0994. The maximum Gasteiger partial charge on any atom is 0.266 e. The number of nitrogens with zero attached hydrogens (tertiary/aromatic N) is 4. The molecule has 3 aromatic carbocycles. The first-order valence-corrected chi connectivity index (χ1v) is 13.0. The highest BCUT2D eigenvalue weighted by Crippen LogP contribution is 2.29. The molecule has 0 saturated carbocycles. The van der Waals surface area contributed by atoms with Crippen LogP contribution in [0.4, 0.5) is 5.69 Å². The van der Waals surface area contributed by atoms with Gasteiger partial charge in [-0.05, 0) is 74.5 Å². The van der Waals surface area contributed by atoms with Gasteiger partial charge in [0.25, 0.3) is 5.56 Å². The van der Waals surface area contributed by atoms with Crippen molar-refractivity contribution in [3.8, 4) is 22.9 Å². The van der Waals surface area contributed by atoms with Crippen LogP contribution in [0.1, 0.15) is 18.4 Å². The molecule has 0 aliphatic rings. The maximum absolute atomic E-state index is 13.6. The number of thioether (sulfide) groups is 1. The molecule has 0 aliphatic heterocycles. The summed E-state index contributed by atoms with van der Waals surface area (Å²) in [4.78, 5) is 25.2. The van der Waals surface area contributed by atoms with E-state index in [0.29, 0.717) is 34.3 Å². The molecule has 5 rings (SSSR count). The lowest BCUT2D eigenvalue weighted by Crippen LogP contribution is -2.22. The van der Waals surface area contributed by atoms with Crippen molar-refractivity contribution < 1.29 is 9.15 Å². The molecule has 0 aliphatic carbocycles. The van der Waals surface area contributed by atoms with E-state index in [0.717, 1.165) is 34.1 Å². The van der Waals surface area contributed by atoms with E-state index in [1.807, 2.05) is 106 Å². The topological polar surface area (TPSA) is 73.4 Å². The van der Waals surface area contributed by atoms with Crippen LogP contribution in [0.5, 0.6) is 5.75 Å². The molecule has 0 saturated heterocycles. The van der Waals surface area contributed by atoms with E-state index in [1.54, 1.807) is 4.57 Å². The van der Waals surface area contributed by atoms with E-state index in [9.17, 15) is 4.79 Å². The molecule has 2 heterocycles. The Morgan fingerprint density at radius 2 is 1.70 bits per heavy atom. The summed E-state index contributed by atoms with van der Waals surface area (Å²) in [5.41, 5.74) is 4.08. The molecular formula is C29H28N4O3S. The van der Waals surface area contributed by atoms with Crippen molar-refractivity contribution >= 4 is 28.4 Å². The molecule has 0 amide bonds. The molecule has 2 aromatic heterocycles. The van der Waals surface area contributed by atoms with Gasteiger partial charge in [-0.25, -0.2) is 9.97 Å². The zero-order valence-corrected chi connectivity index (χ0v) is 22.1. The molecule has 0 bridgehead atoms. The summed E-state index contributed by atoms with van der Waals surface area (Å²) >= 11 is 1.47. The molecule has 5 aromatic rings. The van der Waals surface area contributed by atoms with Crippen molar-refractivity contribution in [2.45, 2.75) is 24.8 Å². The second-order valence-corrected chi connectivity index (χ2v) is 9.67. The predicted molar refractivity (Wildman–Crippen MR) is 149 cm³/mol. The van der Waals surface area contributed by atoms with Crippen molar-refractivity contribution in [1.29, 1.82) is 0 Å². The lowest BCUT2D eigenvalue weighted by atomic mass is 10.2. The molecule has 0 spiro atoms. The number of ether oxygens (including phenoxy) is 1. The first-order valence-electron chi connectivity index (χ1n) is 12.1. The number of fused-ring (bicyclic) bond motifs is 1. The number of oxazole rings is 1. The Balaban J connectivity index is 1.48. The number of benzene rings is 3. The molecule has 188 valence electrons. The molecule has 7 nitrogen and oxygen atoms in total. The second-order valence-electron chi connectivity index (χ2n) is 8.73. The lowest BCUT2D eigenvalue weighted by molar-refractivity contribution is 0.340. The number of hydrogen-bond acceptors (Lipinski definition) is 7. The summed E-state index contributed by atoms with van der Waals surface area (Å²) in [5, 5.41) is 1.19. The Labute approximate surface area is 219 Å². The van der Waals surface area contributed by atoms with E-state index >= 15 is 0 Å². The molecular weight excluding hydrogens is 484 g/mol. The van der Waals surface area contributed by atoms with Gasteiger partial charge in [-0.1, -0.05) is 23.9 Å². The summed E-state index contributed by atoms with van der Waals surface area (Å²) in [6.07, 6.45) is 0. The summed E-state index contributed by atoms with van der Waals surface area (Å²) < 4.78 is 13.2. The fourth-order valence-corrected chi connectivity index (χ4v) is 5.03. The van der Waals surface area contributed by atoms with Crippen molar-refractivity contribution in [2.75, 3.05) is 25.6 Å². The fourth-order valence-electron chi connectivity index (χ4n) is 4.02. The minimum absolute atomic E-state index is 0.0994. The quantitative estimate of drug-likeness (QED) is 0.184. The molecule has 0 N–H and O–H groups in total. The van der Waals surface area contributed by atoms with Crippen LogP contribution in [0.2, 0.25) is 0 Å². The maximum atomic E-state index is 13.6. The molecule has 0 radical (unpaired) electrons. The highest BCUT2D eigenvalue weighted by atomic mass is 32.2. The largest absolute Gasteiger partial charge is 0.494 e. The van der Waals surface area contributed by atoms with E-state index < -0.39 is 0 Å². The van der Waals surface area contributed by atoms with Crippen LogP contribution in [0.15, 0.2) is 87.2 Å². The fraction of sp³-hybridized carbons (Fsp3) is 0.207. The summed E-state index contributed by atoms with van der Waals surface area (Å²) in [7, 11) is 3.98. The lowest BCUT2D eigenvalue weighted by Gasteiger charge is -2.16. The predicted octanol–water partition coefficient (Wildman–Crippen LogP) is 6.11. The summed E-state index contributed by atoms with van der Waals surface area (Å²) in [6, 6.07) is 23.0. The molecule has 0 fully saturated rings. The zero-order chi connectivity index (χ0) is 25.9. The number of para-hydroxylation sites is 1. The Bertz CT molecular complexity index is 1590. The monoisotopic (exact) mass is 512 g/mol. The average molecular weight is 513 g/mol. The first-order chi connectivity index (χ1) is 17.9. The Morgan fingerprint density at radius 3 is 2.41 bits per heavy atom. The Hall–Kier alpha value is -4.04. The van der Waals surface area contributed by atoms with Crippen LogP contribution < -0.4 is 15.2 Å². The molecule has 0 unspecified atom stereocenters. The van der Waals surface area contributed by atoms with Gasteiger partial charge in [0.05, 0.1) is 28.9 Å². The van der Waals surface area contributed by atoms with Crippen LogP contribution in [0, 0.1) is 6.92 Å². The van der Waals surface area contributed by atoms with Gasteiger partial charge in [0.15, 0.2) is 5.16 Å². The van der Waals surface area contributed by atoms with Crippen LogP contribution >= 0.6 is 11.8 Å². The van der Waals surface area contributed by atoms with Gasteiger partial charge in [0, 0.05) is 31.1 Å². The molecule has 8 heteroatoms. The summed E-state index contributed by atoms with van der Waals surface area (Å²) in [6.45, 7) is 4.48. The Kier molecular flexibility index (Phi) is 7.01. The third-order valence-corrected chi connectivity index (χ3v) is 6.96. The van der Waals surface area contributed by atoms with E-state index in [2.05, 4.69) is 0 Å². The van der Waals surface area contributed by atoms with Crippen molar-refractivity contribution in [3.05, 3.63) is 94.6 Å².